The number of hydrogen-bond acceptors (Lipinski definition) is 8. The maximum absolute atomic E-state index is 14.1. The number of carbonyl (C=O) groups is 5. The third-order valence-corrected chi connectivity index (χ3v) is 9.99. The van der Waals surface area contributed by atoms with Crippen LogP contribution in [0.5, 0.6) is 0 Å². The molecule has 0 unspecified atom stereocenters. The van der Waals surface area contributed by atoms with Gasteiger partial charge >= 0.3 is 5.97 Å². The van der Waals surface area contributed by atoms with Gasteiger partial charge < -0.3 is 32.1 Å². The molecule has 3 rings (SSSR count). The van der Waals surface area contributed by atoms with E-state index in [1.165, 1.54) is 0 Å². The van der Waals surface area contributed by atoms with Crippen LogP contribution in [0.2, 0.25) is 0 Å². The van der Waals surface area contributed by atoms with E-state index in [0.29, 0.717) is 31.7 Å². The molecule has 4 atom stereocenters. The lowest BCUT2D eigenvalue weighted by Crippen LogP contribution is -2.57. The van der Waals surface area contributed by atoms with Crippen molar-refractivity contribution in [2.24, 2.45) is 29.2 Å². The van der Waals surface area contributed by atoms with E-state index in [-0.39, 0.29) is 62.2 Å². The third kappa shape index (κ3) is 13.9. The highest BCUT2D eigenvalue weighted by Gasteiger charge is 2.40. The largest absolute Gasteiger partial charge is 0.480 e. The lowest BCUT2D eigenvalue weighted by molar-refractivity contribution is -0.149. The Labute approximate surface area is 309 Å². The monoisotopic (exact) mass is 719 g/mol. The van der Waals surface area contributed by atoms with E-state index in [4.69, 9.17) is 11.5 Å². The first kappa shape index (κ1) is 42.5. The molecule has 11 nitrogen and oxygen atoms in total. The number of nitrogens with two attached hydrogens (primary N) is 2. The summed E-state index contributed by atoms with van der Waals surface area (Å²) in [5, 5.41) is 16.0. The van der Waals surface area contributed by atoms with Crippen LogP contribution in [0.25, 0.3) is 0 Å². The molecule has 0 saturated carbocycles. The molecule has 1 saturated heterocycles. The number of likely N-dealkylation sites (tertiary alicyclic amines) is 1. The molecule has 0 aliphatic carbocycles. The van der Waals surface area contributed by atoms with Crippen molar-refractivity contribution in [3.05, 3.63) is 71.8 Å². The zero-order chi connectivity index (χ0) is 38.3. The summed E-state index contributed by atoms with van der Waals surface area (Å²) in [4.78, 5) is 68.8. The Morgan fingerprint density at radius 2 is 1.37 bits per heavy atom. The number of Topliss-reactive ketones (excluding diaryl/α,β-unsaturated/α-hetero) is 2. The van der Waals surface area contributed by atoms with Gasteiger partial charge in [-0.2, -0.15) is 0 Å². The van der Waals surface area contributed by atoms with Gasteiger partial charge in [0.25, 0.3) is 0 Å². The van der Waals surface area contributed by atoms with Crippen molar-refractivity contribution >= 4 is 29.4 Å². The number of piperidine rings is 1. The predicted octanol–water partition coefficient (Wildman–Crippen LogP) is 4.05. The first-order valence-electron chi connectivity index (χ1n) is 18.9. The van der Waals surface area contributed by atoms with Crippen LogP contribution < -0.4 is 22.1 Å². The smallest absolute Gasteiger partial charge is 0.323 e. The summed E-state index contributed by atoms with van der Waals surface area (Å²) in [6.07, 6.45) is 3.22. The van der Waals surface area contributed by atoms with Crippen molar-refractivity contribution in [2.45, 2.75) is 116 Å². The molecule has 2 aromatic carbocycles. The number of hydrogen-bond donors (Lipinski definition) is 5. The minimum absolute atomic E-state index is 0.0540. The van der Waals surface area contributed by atoms with E-state index >= 15 is 0 Å². The van der Waals surface area contributed by atoms with Crippen LogP contribution in [0, 0.1) is 17.8 Å². The van der Waals surface area contributed by atoms with Crippen molar-refractivity contribution in [1.82, 2.24) is 15.5 Å². The fourth-order valence-corrected chi connectivity index (χ4v) is 6.77. The van der Waals surface area contributed by atoms with E-state index in [2.05, 4.69) is 24.5 Å². The minimum Gasteiger partial charge on any atom is -0.480 e. The standard InChI is InChI=1S/C41H61N5O6/c1-28(2)23-35(37(48)26-32(17-11-12-20-44-29(3)4)39(50)46-21-18-41(43,19-22-46)40(51)52)45-38(49)33(24-30-13-7-5-8-14-30)27-36(47)34(42)25-31-15-9-6-10-16-31/h5-10,13-16,28-29,32-35,44H,11-12,17-27,42-43H2,1-4H3,(H,45,49)(H,51,52)/t32-,33-,34+,35+/m0/s1. The number of ketones is 2. The van der Waals surface area contributed by atoms with Crippen molar-refractivity contribution in [2.75, 3.05) is 19.6 Å². The first-order valence-corrected chi connectivity index (χ1v) is 18.9. The summed E-state index contributed by atoms with van der Waals surface area (Å²) >= 11 is 0. The fourth-order valence-electron chi connectivity index (χ4n) is 6.77. The predicted molar refractivity (Wildman–Crippen MR) is 203 cm³/mol. The van der Waals surface area contributed by atoms with Gasteiger partial charge in [0.05, 0.1) is 12.1 Å². The quantitative estimate of drug-likeness (QED) is 0.112. The van der Waals surface area contributed by atoms with Gasteiger partial charge in [-0.05, 0) is 68.5 Å². The number of carboxylic acids is 1. The van der Waals surface area contributed by atoms with Crippen LogP contribution in [0.3, 0.4) is 0 Å². The Bertz CT molecular complexity index is 1440. The molecular weight excluding hydrogens is 658 g/mol. The molecule has 1 heterocycles. The number of amides is 2. The van der Waals surface area contributed by atoms with Crippen LogP contribution in [-0.4, -0.2) is 82.7 Å². The van der Waals surface area contributed by atoms with Gasteiger partial charge in [-0.15, -0.1) is 0 Å². The number of nitrogens with zero attached hydrogens (tertiary/aromatic N) is 1. The number of benzene rings is 2. The summed E-state index contributed by atoms with van der Waals surface area (Å²) in [5.74, 6) is -3.43. The third-order valence-electron chi connectivity index (χ3n) is 9.99. The number of nitrogens with one attached hydrogen (secondary N) is 2. The molecule has 0 bridgehead atoms. The average Bonchev–Trinajstić information content (AvgIpc) is 3.10. The van der Waals surface area contributed by atoms with Gasteiger partial charge in [0, 0.05) is 43.8 Å². The molecule has 7 N–H and O–H groups in total. The topological polar surface area (TPSA) is 185 Å². The molecule has 1 aliphatic heterocycles. The lowest BCUT2D eigenvalue weighted by Gasteiger charge is -2.38. The van der Waals surface area contributed by atoms with E-state index in [1.807, 2.05) is 74.5 Å². The van der Waals surface area contributed by atoms with E-state index in [1.54, 1.807) is 4.90 Å². The Kier molecular flexibility index (Phi) is 17.1. The Balaban J connectivity index is 1.77. The zero-order valence-electron chi connectivity index (χ0n) is 31.5. The number of carbonyl (C=O) groups excluding carboxylic acids is 4. The summed E-state index contributed by atoms with van der Waals surface area (Å²) in [6.45, 7) is 9.27. The van der Waals surface area contributed by atoms with Crippen molar-refractivity contribution in [3.63, 3.8) is 0 Å². The normalized spacial score (nSPS) is 16.6. The molecular formula is C41H61N5O6. The highest BCUT2D eigenvalue weighted by molar-refractivity contribution is 5.95. The summed E-state index contributed by atoms with van der Waals surface area (Å²) < 4.78 is 0. The minimum atomic E-state index is -1.37. The number of rotatable bonds is 22. The Hall–Kier alpha value is -3.93. The molecule has 2 aromatic rings. The molecule has 286 valence electrons. The Morgan fingerprint density at radius 1 is 0.808 bits per heavy atom. The van der Waals surface area contributed by atoms with E-state index in [0.717, 1.165) is 30.5 Å². The van der Waals surface area contributed by atoms with Crippen LogP contribution in [0.15, 0.2) is 60.7 Å². The van der Waals surface area contributed by atoms with Gasteiger partial charge in [0.15, 0.2) is 11.6 Å². The maximum Gasteiger partial charge on any atom is 0.323 e. The summed E-state index contributed by atoms with van der Waals surface area (Å²) in [5.41, 5.74) is 12.9. The molecule has 1 fully saturated rings. The number of aliphatic carboxylic acids is 1. The first-order chi connectivity index (χ1) is 24.7. The SMILES string of the molecule is CC(C)C[C@@H](NC(=O)[C@H](CC(=O)[C@H](N)Cc1ccccc1)Cc1ccccc1)C(=O)C[C@H](CCCCNC(C)C)C(=O)N1CCC(N)(C(=O)O)CC1. The second-order valence-electron chi connectivity index (χ2n) is 15.3. The van der Waals surface area contributed by atoms with Crippen LogP contribution >= 0.6 is 0 Å². The van der Waals surface area contributed by atoms with E-state index < -0.39 is 41.3 Å². The molecule has 0 spiro atoms. The maximum atomic E-state index is 14.1. The number of carboxylic acid groups (broad SMARTS) is 1. The molecule has 52 heavy (non-hydrogen) atoms. The molecule has 2 amide bonds. The van der Waals surface area contributed by atoms with Gasteiger partial charge in [0.1, 0.15) is 5.54 Å². The van der Waals surface area contributed by atoms with Crippen LogP contribution in [-0.2, 0) is 36.8 Å². The summed E-state index contributed by atoms with van der Waals surface area (Å²) in [6, 6.07) is 17.7. The van der Waals surface area contributed by atoms with Gasteiger partial charge in [0.2, 0.25) is 11.8 Å². The highest BCUT2D eigenvalue weighted by Crippen LogP contribution is 2.26. The van der Waals surface area contributed by atoms with Gasteiger partial charge in [-0.1, -0.05) is 94.8 Å². The zero-order valence-corrected chi connectivity index (χ0v) is 31.5. The van der Waals surface area contributed by atoms with Gasteiger partial charge in [-0.3, -0.25) is 24.0 Å². The number of unbranched alkanes of at least 4 members (excludes halogenated alkanes) is 1. The molecule has 11 heteroatoms. The fraction of sp³-hybridized carbons (Fsp3) is 0.585. The van der Waals surface area contributed by atoms with Crippen LogP contribution in [0.1, 0.15) is 90.2 Å². The molecule has 0 radical (unpaired) electrons. The average molecular weight is 720 g/mol. The Morgan fingerprint density at radius 3 is 1.90 bits per heavy atom. The lowest BCUT2D eigenvalue weighted by atomic mass is 9.86. The second kappa shape index (κ2) is 20.9. The van der Waals surface area contributed by atoms with Crippen molar-refractivity contribution in [3.8, 4) is 0 Å². The molecule has 0 aromatic heterocycles. The van der Waals surface area contributed by atoms with Crippen molar-refractivity contribution < 1.29 is 29.1 Å². The van der Waals surface area contributed by atoms with E-state index in [9.17, 15) is 29.1 Å². The van der Waals surface area contributed by atoms with Crippen molar-refractivity contribution in [1.29, 1.82) is 0 Å². The van der Waals surface area contributed by atoms with Gasteiger partial charge in [-0.25, -0.2) is 0 Å². The van der Waals surface area contributed by atoms with Crippen LogP contribution in [0.4, 0.5) is 0 Å². The highest BCUT2D eigenvalue weighted by atomic mass is 16.4. The second-order valence-corrected chi connectivity index (χ2v) is 15.3. The summed E-state index contributed by atoms with van der Waals surface area (Å²) in [7, 11) is 0. The molecule has 1 aliphatic rings.